The van der Waals surface area contributed by atoms with Crippen LogP contribution in [0.4, 0.5) is 0 Å². The summed E-state index contributed by atoms with van der Waals surface area (Å²) in [4.78, 5) is 10.9. The van der Waals surface area contributed by atoms with Crippen LogP contribution in [-0.4, -0.2) is 24.6 Å². The van der Waals surface area contributed by atoms with E-state index in [2.05, 4.69) is 10.6 Å². The number of likely N-dealkylation sites (N-methyl/N-ethyl adjacent to an activating group) is 1. The van der Waals surface area contributed by atoms with Crippen molar-refractivity contribution in [1.29, 1.82) is 0 Å². The quantitative estimate of drug-likeness (QED) is 0.643. The zero-order valence-corrected chi connectivity index (χ0v) is 8.08. The van der Waals surface area contributed by atoms with Crippen LogP contribution in [0.3, 0.4) is 0 Å². The largest absolute Gasteiger partial charge is 0.508 e. The second-order valence-electron chi connectivity index (χ2n) is 2.91. The summed E-state index contributed by atoms with van der Waals surface area (Å²) in [5, 5.41) is 14.8. The second kappa shape index (κ2) is 5.24. The number of carbonyl (C=O) groups excluding carboxylic acids is 1. The van der Waals surface area contributed by atoms with Crippen molar-refractivity contribution in [2.75, 3.05) is 13.6 Å². The van der Waals surface area contributed by atoms with Gasteiger partial charge < -0.3 is 15.7 Å². The average molecular weight is 194 g/mol. The summed E-state index contributed by atoms with van der Waals surface area (Å²) in [7, 11) is 1.59. The van der Waals surface area contributed by atoms with Crippen molar-refractivity contribution in [2.24, 2.45) is 0 Å². The lowest BCUT2D eigenvalue weighted by molar-refractivity contribution is -0.119. The van der Waals surface area contributed by atoms with Crippen LogP contribution in [-0.2, 0) is 11.3 Å². The van der Waals surface area contributed by atoms with E-state index >= 15 is 0 Å². The first-order chi connectivity index (χ1) is 6.74. The molecule has 0 fully saturated rings. The van der Waals surface area contributed by atoms with Crippen molar-refractivity contribution in [3.8, 4) is 5.75 Å². The summed E-state index contributed by atoms with van der Waals surface area (Å²) >= 11 is 0. The summed E-state index contributed by atoms with van der Waals surface area (Å²) in [6, 6.07) is 7.04. The van der Waals surface area contributed by atoms with E-state index in [1.807, 2.05) is 12.1 Å². The SMILES string of the molecule is CNC(=O)CNCc1ccccc1O. The van der Waals surface area contributed by atoms with Gasteiger partial charge in [0.05, 0.1) is 6.54 Å². The van der Waals surface area contributed by atoms with Crippen molar-refractivity contribution in [1.82, 2.24) is 10.6 Å². The Balaban J connectivity index is 2.39. The molecule has 0 saturated carbocycles. The first kappa shape index (κ1) is 10.5. The van der Waals surface area contributed by atoms with Gasteiger partial charge >= 0.3 is 0 Å². The van der Waals surface area contributed by atoms with Gasteiger partial charge in [0.1, 0.15) is 5.75 Å². The third kappa shape index (κ3) is 3.06. The molecule has 0 aromatic heterocycles. The number of phenolic OH excluding ortho intramolecular Hbond substituents is 1. The monoisotopic (exact) mass is 194 g/mol. The van der Waals surface area contributed by atoms with Gasteiger partial charge in [-0.15, -0.1) is 0 Å². The van der Waals surface area contributed by atoms with Crippen LogP contribution in [0.25, 0.3) is 0 Å². The van der Waals surface area contributed by atoms with E-state index in [0.717, 1.165) is 5.56 Å². The molecule has 1 rings (SSSR count). The molecule has 0 bridgehead atoms. The lowest BCUT2D eigenvalue weighted by atomic mass is 10.2. The normalized spacial score (nSPS) is 9.79. The molecule has 1 aromatic carbocycles. The zero-order chi connectivity index (χ0) is 10.4. The molecular weight excluding hydrogens is 180 g/mol. The molecular formula is C10H14N2O2. The van der Waals surface area contributed by atoms with Gasteiger partial charge in [-0.3, -0.25) is 4.79 Å². The van der Waals surface area contributed by atoms with Crippen molar-refractivity contribution in [3.63, 3.8) is 0 Å². The summed E-state index contributed by atoms with van der Waals surface area (Å²) < 4.78 is 0. The van der Waals surface area contributed by atoms with Crippen LogP contribution < -0.4 is 10.6 Å². The van der Waals surface area contributed by atoms with Gasteiger partial charge in [-0.25, -0.2) is 0 Å². The minimum Gasteiger partial charge on any atom is -0.508 e. The predicted molar refractivity (Wildman–Crippen MR) is 53.9 cm³/mol. The standard InChI is InChI=1S/C10H14N2O2/c1-11-10(14)7-12-6-8-4-2-3-5-9(8)13/h2-5,12-13H,6-7H2,1H3,(H,11,14). The Hall–Kier alpha value is -1.55. The smallest absolute Gasteiger partial charge is 0.233 e. The maximum absolute atomic E-state index is 10.9. The van der Waals surface area contributed by atoms with E-state index in [1.54, 1.807) is 19.2 Å². The fourth-order valence-corrected chi connectivity index (χ4v) is 1.06. The number of rotatable bonds is 4. The molecule has 76 valence electrons. The molecule has 0 aliphatic heterocycles. The lowest BCUT2D eigenvalue weighted by Gasteiger charge is -2.05. The Labute approximate surface area is 82.9 Å². The van der Waals surface area contributed by atoms with E-state index in [-0.39, 0.29) is 18.2 Å². The van der Waals surface area contributed by atoms with E-state index in [4.69, 9.17) is 0 Å². The highest BCUT2D eigenvalue weighted by Crippen LogP contribution is 2.14. The molecule has 0 heterocycles. The van der Waals surface area contributed by atoms with Crippen LogP contribution in [0.1, 0.15) is 5.56 Å². The summed E-state index contributed by atoms with van der Waals surface area (Å²) in [5.41, 5.74) is 0.788. The summed E-state index contributed by atoms with van der Waals surface area (Å²) in [6.07, 6.45) is 0. The topological polar surface area (TPSA) is 61.4 Å². The highest BCUT2D eigenvalue weighted by molar-refractivity contribution is 5.77. The molecule has 0 atom stereocenters. The van der Waals surface area contributed by atoms with Gasteiger partial charge in [0.15, 0.2) is 0 Å². The maximum atomic E-state index is 10.9. The Morgan fingerprint density at radius 1 is 1.43 bits per heavy atom. The van der Waals surface area contributed by atoms with Crippen LogP contribution in [0.15, 0.2) is 24.3 Å². The Morgan fingerprint density at radius 3 is 2.79 bits per heavy atom. The fourth-order valence-electron chi connectivity index (χ4n) is 1.06. The van der Waals surface area contributed by atoms with E-state index < -0.39 is 0 Å². The molecule has 4 nitrogen and oxygen atoms in total. The molecule has 0 aliphatic carbocycles. The maximum Gasteiger partial charge on any atom is 0.233 e. The molecule has 0 unspecified atom stereocenters. The number of aromatic hydroxyl groups is 1. The van der Waals surface area contributed by atoms with Gasteiger partial charge in [-0.2, -0.15) is 0 Å². The molecule has 4 heteroatoms. The molecule has 0 spiro atoms. The van der Waals surface area contributed by atoms with Crippen LogP contribution in [0.2, 0.25) is 0 Å². The molecule has 0 radical (unpaired) electrons. The first-order valence-corrected chi connectivity index (χ1v) is 4.42. The number of phenols is 1. The van der Waals surface area contributed by atoms with Crippen molar-refractivity contribution < 1.29 is 9.90 Å². The fraction of sp³-hybridized carbons (Fsp3) is 0.300. The second-order valence-corrected chi connectivity index (χ2v) is 2.91. The van der Waals surface area contributed by atoms with Crippen molar-refractivity contribution in [3.05, 3.63) is 29.8 Å². The van der Waals surface area contributed by atoms with E-state index in [0.29, 0.717) is 6.54 Å². The summed E-state index contributed by atoms with van der Waals surface area (Å²) in [5.74, 6) is 0.178. The van der Waals surface area contributed by atoms with Gasteiger partial charge in [-0.05, 0) is 6.07 Å². The molecule has 3 N–H and O–H groups in total. The highest BCUT2D eigenvalue weighted by atomic mass is 16.3. The Kier molecular flexibility index (Phi) is 3.94. The molecule has 0 saturated heterocycles. The molecule has 1 aromatic rings. The zero-order valence-electron chi connectivity index (χ0n) is 8.08. The third-order valence-corrected chi connectivity index (χ3v) is 1.87. The van der Waals surface area contributed by atoms with Crippen LogP contribution >= 0.6 is 0 Å². The first-order valence-electron chi connectivity index (χ1n) is 4.42. The number of benzene rings is 1. The predicted octanol–water partition coefficient (Wildman–Crippen LogP) is 0.228. The van der Waals surface area contributed by atoms with E-state index in [1.165, 1.54) is 0 Å². The minimum atomic E-state index is -0.0691. The number of hydrogen-bond donors (Lipinski definition) is 3. The van der Waals surface area contributed by atoms with E-state index in [9.17, 15) is 9.90 Å². The lowest BCUT2D eigenvalue weighted by Crippen LogP contribution is -2.30. The highest BCUT2D eigenvalue weighted by Gasteiger charge is 2.00. The number of amides is 1. The summed E-state index contributed by atoms with van der Waals surface area (Å²) in [6.45, 7) is 0.741. The van der Waals surface area contributed by atoms with Gasteiger partial charge in [0, 0.05) is 19.2 Å². The van der Waals surface area contributed by atoms with Crippen LogP contribution in [0, 0.1) is 0 Å². The van der Waals surface area contributed by atoms with Crippen molar-refractivity contribution in [2.45, 2.75) is 6.54 Å². The minimum absolute atomic E-state index is 0.0691. The van der Waals surface area contributed by atoms with Gasteiger partial charge in [0.25, 0.3) is 0 Å². The molecule has 14 heavy (non-hydrogen) atoms. The Bertz CT molecular complexity index is 313. The number of nitrogens with one attached hydrogen (secondary N) is 2. The number of hydrogen-bond acceptors (Lipinski definition) is 3. The number of carbonyl (C=O) groups is 1. The molecule has 0 aliphatic rings. The number of para-hydroxylation sites is 1. The van der Waals surface area contributed by atoms with Crippen molar-refractivity contribution >= 4 is 5.91 Å². The van der Waals surface area contributed by atoms with Gasteiger partial charge in [0.2, 0.25) is 5.91 Å². The average Bonchev–Trinajstić information content (AvgIpc) is 2.20. The Morgan fingerprint density at radius 2 is 2.14 bits per heavy atom. The van der Waals surface area contributed by atoms with Gasteiger partial charge in [-0.1, -0.05) is 18.2 Å². The molecule has 1 amide bonds. The third-order valence-electron chi connectivity index (χ3n) is 1.87. The van der Waals surface area contributed by atoms with Crippen LogP contribution in [0.5, 0.6) is 5.75 Å².